The van der Waals surface area contributed by atoms with E-state index >= 15 is 0 Å². The lowest BCUT2D eigenvalue weighted by molar-refractivity contribution is 0.0674. The van der Waals surface area contributed by atoms with E-state index in [1.54, 1.807) is 18.3 Å². The van der Waals surface area contributed by atoms with E-state index in [9.17, 15) is 9.59 Å². The summed E-state index contributed by atoms with van der Waals surface area (Å²) < 4.78 is 0.705. The van der Waals surface area contributed by atoms with E-state index in [-0.39, 0.29) is 11.8 Å². The second kappa shape index (κ2) is 6.69. The van der Waals surface area contributed by atoms with Crippen LogP contribution in [0.15, 0.2) is 22.9 Å². The van der Waals surface area contributed by atoms with Crippen LogP contribution in [0.1, 0.15) is 23.2 Å². The quantitative estimate of drug-likeness (QED) is 0.814. The molecule has 20 heavy (non-hydrogen) atoms. The highest BCUT2D eigenvalue weighted by Gasteiger charge is 2.24. The van der Waals surface area contributed by atoms with Crippen LogP contribution in [0.5, 0.6) is 0 Å². The number of nitrogens with zero attached hydrogens (tertiary/aromatic N) is 2. The molecule has 1 saturated heterocycles. The fourth-order valence-electron chi connectivity index (χ4n) is 2.35. The van der Waals surface area contributed by atoms with Crippen molar-refractivity contribution in [2.24, 2.45) is 11.7 Å². The van der Waals surface area contributed by atoms with Crippen LogP contribution in [-0.2, 0) is 0 Å². The lowest BCUT2D eigenvalue weighted by Gasteiger charge is -2.32. The number of likely N-dealkylation sites (tertiary alicyclic amines) is 1. The number of nitrogens with two attached hydrogens (primary N) is 1. The van der Waals surface area contributed by atoms with Crippen molar-refractivity contribution in [2.75, 3.05) is 19.6 Å². The summed E-state index contributed by atoms with van der Waals surface area (Å²) >= 11 is 3.25. The molecule has 0 spiro atoms. The maximum absolute atomic E-state index is 12.4. The van der Waals surface area contributed by atoms with Gasteiger partial charge in [0.2, 0.25) is 0 Å². The van der Waals surface area contributed by atoms with Gasteiger partial charge in [0.25, 0.3) is 5.91 Å². The smallest absolute Gasteiger partial charge is 0.312 e. The molecule has 0 saturated carbocycles. The van der Waals surface area contributed by atoms with E-state index in [1.807, 2.05) is 4.90 Å². The van der Waals surface area contributed by atoms with Gasteiger partial charge in [0, 0.05) is 25.8 Å². The SMILES string of the molecule is NC(=O)NCC1CCCN(C(=O)c2ccc(Br)nc2)C1. The van der Waals surface area contributed by atoms with Gasteiger partial charge < -0.3 is 16.0 Å². The van der Waals surface area contributed by atoms with E-state index in [4.69, 9.17) is 5.73 Å². The van der Waals surface area contributed by atoms with Crippen molar-refractivity contribution < 1.29 is 9.59 Å². The number of hydrogen-bond acceptors (Lipinski definition) is 3. The molecule has 1 atom stereocenters. The van der Waals surface area contributed by atoms with E-state index < -0.39 is 6.03 Å². The van der Waals surface area contributed by atoms with E-state index in [1.165, 1.54) is 0 Å². The van der Waals surface area contributed by atoms with Crippen molar-refractivity contribution in [3.8, 4) is 0 Å². The minimum atomic E-state index is -0.523. The molecule has 2 heterocycles. The maximum Gasteiger partial charge on any atom is 0.312 e. The zero-order valence-corrected chi connectivity index (χ0v) is 12.6. The number of carbonyl (C=O) groups excluding carboxylic acids is 2. The van der Waals surface area contributed by atoms with Gasteiger partial charge in [0.05, 0.1) is 5.56 Å². The van der Waals surface area contributed by atoms with Gasteiger partial charge >= 0.3 is 6.03 Å². The lowest BCUT2D eigenvalue weighted by Crippen LogP contribution is -2.44. The highest BCUT2D eigenvalue weighted by atomic mass is 79.9. The minimum absolute atomic E-state index is 0.0197. The first-order valence-electron chi connectivity index (χ1n) is 6.50. The molecule has 0 bridgehead atoms. The van der Waals surface area contributed by atoms with Crippen LogP contribution < -0.4 is 11.1 Å². The fourth-order valence-corrected chi connectivity index (χ4v) is 2.58. The highest BCUT2D eigenvalue weighted by Crippen LogP contribution is 2.18. The lowest BCUT2D eigenvalue weighted by atomic mass is 9.97. The second-order valence-corrected chi connectivity index (χ2v) is 5.69. The van der Waals surface area contributed by atoms with Gasteiger partial charge in [-0.3, -0.25) is 4.79 Å². The van der Waals surface area contributed by atoms with Gasteiger partial charge in [0.1, 0.15) is 4.60 Å². The maximum atomic E-state index is 12.4. The number of nitrogens with one attached hydrogen (secondary N) is 1. The van der Waals surface area contributed by atoms with Crippen molar-refractivity contribution in [3.05, 3.63) is 28.5 Å². The zero-order valence-electron chi connectivity index (χ0n) is 11.0. The summed E-state index contributed by atoms with van der Waals surface area (Å²) in [4.78, 5) is 29.0. The molecule has 6 nitrogen and oxygen atoms in total. The van der Waals surface area contributed by atoms with E-state index in [0.29, 0.717) is 23.3 Å². The molecule has 0 radical (unpaired) electrons. The Bertz CT molecular complexity index is 492. The van der Waals surface area contributed by atoms with Gasteiger partial charge in [-0.15, -0.1) is 0 Å². The molecular formula is C13H17BrN4O2. The molecule has 1 aliphatic heterocycles. The average Bonchev–Trinajstić information content (AvgIpc) is 2.45. The van der Waals surface area contributed by atoms with Crippen molar-refractivity contribution in [3.63, 3.8) is 0 Å². The Morgan fingerprint density at radius 3 is 2.95 bits per heavy atom. The number of rotatable bonds is 3. The Kier molecular flexibility index (Phi) is 4.94. The minimum Gasteiger partial charge on any atom is -0.352 e. The van der Waals surface area contributed by atoms with Gasteiger partial charge in [-0.2, -0.15) is 0 Å². The number of carbonyl (C=O) groups is 2. The molecule has 1 aromatic heterocycles. The summed E-state index contributed by atoms with van der Waals surface area (Å²) in [6.45, 7) is 1.88. The number of primary amides is 1. The number of pyridine rings is 1. The molecule has 108 valence electrons. The Morgan fingerprint density at radius 2 is 2.30 bits per heavy atom. The summed E-state index contributed by atoms with van der Waals surface area (Å²) in [7, 11) is 0. The number of hydrogen-bond donors (Lipinski definition) is 2. The van der Waals surface area contributed by atoms with Gasteiger partial charge in [0.15, 0.2) is 0 Å². The monoisotopic (exact) mass is 340 g/mol. The van der Waals surface area contributed by atoms with Crippen molar-refractivity contribution >= 4 is 27.9 Å². The topological polar surface area (TPSA) is 88.3 Å². The molecule has 1 aliphatic rings. The summed E-state index contributed by atoms with van der Waals surface area (Å²) in [6.07, 6.45) is 3.49. The van der Waals surface area contributed by atoms with Crippen LogP contribution >= 0.6 is 15.9 Å². The Labute approximate surface area is 125 Å². The standard InChI is InChI=1S/C13H17BrN4O2/c14-11-4-3-10(7-16-11)12(19)18-5-1-2-9(8-18)6-17-13(15)20/h3-4,7,9H,1-2,5-6,8H2,(H3,15,17,20). The van der Waals surface area contributed by atoms with Crippen LogP contribution in [-0.4, -0.2) is 41.5 Å². The molecule has 3 amide bonds. The summed E-state index contributed by atoms with van der Waals surface area (Å²) in [5, 5.41) is 2.60. The molecule has 3 N–H and O–H groups in total. The van der Waals surface area contributed by atoms with Gasteiger partial charge in [-0.25, -0.2) is 9.78 Å². The normalized spacial score (nSPS) is 18.6. The molecule has 0 aliphatic carbocycles. The van der Waals surface area contributed by atoms with Crippen molar-refractivity contribution in [2.45, 2.75) is 12.8 Å². The van der Waals surface area contributed by atoms with Crippen molar-refractivity contribution in [1.82, 2.24) is 15.2 Å². The van der Waals surface area contributed by atoms with Crippen LogP contribution in [0.2, 0.25) is 0 Å². The molecule has 1 unspecified atom stereocenters. The Balaban J connectivity index is 1.96. The Morgan fingerprint density at radius 1 is 1.50 bits per heavy atom. The third kappa shape index (κ3) is 3.93. The number of urea groups is 1. The number of piperidine rings is 1. The zero-order chi connectivity index (χ0) is 14.5. The predicted octanol–water partition coefficient (Wildman–Crippen LogP) is 1.36. The summed E-state index contributed by atoms with van der Waals surface area (Å²) in [6, 6.07) is 2.99. The third-order valence-corrected chi connectivity index (χ3v) is 3.81. The van der Waals surface area contributed by atoms with Crippen LogP contribution in [0.25, 0.3) is 0 Å². The van der Waals surface area contributed by atoms with E-state index in [0.717, 1.165) is 19.4 Å². The molecular weight excluding hydrogens is 324 g/mol. The largest absolute Gasteiger partial charge is 0.352 e. The third-order valence-electron chi connectivity index (χ3n) is 3.35. The van der Waals surface area contributed by atoms with Gasteiger partial charge in [-0.05, 0) is 46.8 Å². The number of amides is 3. The first-order chi connectivity index (χ1) is 9.56. The molecule has 2 rings (SSSR count). The average molecular weight is 341 g/mol. The van der Waals surface area contributed by atoms with Crippen LogP contribution in [0.4, 0.5) is 4.79 Å². The molecule has 1 aromatic rings. The predicted molar refractivity (Wildman–Crippen MR) is 78.2 cm³/mol. The molecule has 0 aromatic carbocycles. The Hall–Kier alpha value is -1.63. The van der Waals surface area contributed by atoms with Gasteiger partial charge in [-0.1, -0.05) is 0 Å². The highest BCUT2D eigenvalue weighted by molar-refractivity contribution is 9.10. The second-order valence-electron chi connectivity index (χ2n) is 4.87. The van der Waals surface area contributed by atoms with Crippen LogP contribution in [0, 0.1) is 5.92 Å². The van der Waals surface area contributed by atoms with Crippen molar-refractivity contribution in [1.29, 1.82) is 0 Å². The van der Waals surface area contributed by atoms with Crippen LogP contribution in [0.3, 0.4) is 0 Å². The number of halogens is 1. The first-order valence-corrected chi connectivity index (χ1v) is 7.29. The summed E-state index contributed by atoms with van der Waals surface area (Å²) in [5.74, 6) is 0.234. The molecule has 1 fully saturated rings. The van der Waals surface area contributed by atoms with E-state index in [2.05, 4.69) is 26.2 Å². The fraction of sp³-hybridized carbons (Fsp3) is 0.462. The number of aromatic nitrogens is 1. The molecule has 7 heteroatoms. The summed E-state index contributed by atoms with van der Waals surface area (Å²) in [5.41, 5.74) is 5.65. The first kappa shape index (κ1) is 14.8.